The summed E-state index contributed by atoms with van der Waals surface area (Å²) in [5, 5.41) is 11.0. The minimum Gasteiger partial charge on any atom is -0.505 e. The highest BCUT2D eigenvalue weighted by Crippen LogP contribution is 2.28. The summed E-state index contributed by atoms with van der Waals surface area (Å²) in [5.74, 6) is 0.256. The van der Waals surface area contributed by atoms with E-state index in [4.69, 9.17) is 0 Å². The maximum atomic E-state index is 9.35. The molecule has 0 fully saturated rings. The van der Waals surface area contributed by atoms with E-state index in [2.05, 4.69) is 4.37 Å². The fourth-order valence-corrected chi connectivity index (χ4v) is 1.60. The van der Waals surface area contributed by atoms with Crippen LogP contribution in [0.3, 0.4) is 0 Å². The Hall–Kier alpha value is -1.35. The zero-order chi connectivity index (χ0) is 8.39. The molecule has 0 amide bonds. The molecule has 0 spiro atoms. The third kappa shape index (κ3) is 1.19. The van der Waals surface area contributed by atoms with E-state index in [0.717, 1.165) is 5.56 Å². The molecule has 2 nitrogen and oxygen atoms in total. The van der Waals surface area contributed by atoms with Crippen molar-refractivity contribution >= 4 is 11.5 Å². The lowest BCUT2D eigenvalue weighted by Crippen LogP contribution is -1.74. The second kappa shape index (κ2) is 2.95. The van der Waals surface area contributed by atoms with Gasteiger partial charge in [0.2, 0.25) is 0 Å². The van der Waals surface area contributed by atoms with Gasteiger partial charge in [0.1, 0.15) is 5.69 Å². The first kappa shape index (κ1) is 7.31. The molecule has 3 heteroatoms. The molecule has 0 atom stereocenters. The molecule has 0 aliphatic heterocycles. The maximum absolute atomic E-state index is 9.35. The van der Waals surface area contributed by atoms with Gasteiger partial charge in [-0.3, -0.25) is 0 Å². The quantitative estimate of drug-likeness (QED) is 0.726. The number of nitrogens with zero attached hydrogens (tertiary/aromatic N) is 1. The Bertz CT molecular complexity index is 369. The van der Waals surface area contributed by atoms with E-state index < -0.39 is 0 Å². The standard InChI is InChI=1S/C9H7NOS/c11-8-6-12-10-9(8)7-4-2-1-3-5-7/h1-6,11H. The highest BCUT2D eigenvalue weighted by molar-refractivity contribution is 7.04. The molecule has 12 heavy (non-hydrogen) atoms. The van der Waals surface area contributed by atoms with Crippen LogP contribution in [-0.4, -0.2) is 9.48 Å². The first-order chi connectivity index (χ1) is 5.88. The number of aromatic nitrogens is 1. The Morgan fingerprint density at radius 2 is 1.92 bits per heavy atom. The Kier molecular flexibility index (Phi) is 1.80. The first-order valence-electron chi connectivity index (χ1n) is 3.56. The highest BCUT2D eigenvalue weighted by atomic mass is 32.1. The monoisotopic (exact) mass is 177 g/mol. The van der Waals surface area contributed by atoms with E-state index in [-0.39, 0.29) is 5.75 Å². The molecule has 2 aromatic rings. The van der Waals surface area contributed by atoms with Crippen molar-refractivity contribution in [2.75, 3.05) is 0 Å². The molecule has 1 N–H and O–H groups in total. The van der Waals surface area contributed by atoms with Crippen molar-refractivity contribution in [3.8, 4) is 17.0 Å². The average Bonchev–Trinajstić information content (AvgIpc) is 2.53. The van der Waals surface area contributed by atoms with Gasteiger partial charge in [-0.05, 0) is 11.5 Å². The van der Waals surface area contributed by atoms with E-state index in [1.807, 2.05) is 30.3 Å². The van der Waals surface area contributed by atoms with Crippen molar-refractivity contribution in [2.45, 2.75) is 0 Å². The number of rotatable bonds is 1. The molecule has 60 valence electrons. The summed E-state index contributed by atoms with van der Waals surface area (Å²) < 4.78 is 4.08. The number of benzene rings is 1. The Morgan fingerprint density at radius 3 is 2.50 bits per heavy atom. The lowest BCUT2D eigenvalue weighted by atomic mass is 10.1. The minimum atomic E-state index is 0.256. The molecule has 0 bridgehead atoms. The number of hydrogen-bond donors (Lipinski definition) is 1. The van der Waals surface area contributed by atoms with Crippen LogP contribution < -0.4 is 0 Å². The summed E-state index contributed by atoms with van der Waals surface area (Å²) in [6.07, 6.45) is 0. The van der Waals surface area contributed by atoms with Gasteiger partial charge in [0.15, 0.2) is 5.75 Å². The predicted octanol–water partition coefficient (Wildman–Crippen LogP) is 2.52. The zero-order valence-electron chi connectivity index (χ0n) is 6.27. The van der Waals surface area contributed by atoms with Gasteiger partial charge in [-0.15, -0.1) is 0 Å². The van der Waals surface area contributed by atoms with Crippen LogP contribution in [0.4, 0.5) is 0 Å². The van der Waals surface area contributed by atoms with Crippen LogP contribution in [0.15, 0.2) is 35.7 Å². The van der Waals surface area contributed by atoms with Crippen molar-refractivity contribution in [1.82, 2.24) is 4.37 Å². The first-order valence-corrected chi connectivity index (χ1v) is 4.40. The molecule has 1 aromatic carbocycles. The van der Waals surface area contributed by atoms with Crippen molar-refractivity contribution in [3.63, 3.8) is 0 Å². The Morgan fingerprint density at radius 1 is 1.17 bits per heavy atom. The summed E-state index contributed by atoms with van der Waals surface area (Å²) in [6.45, 7) is 0. The maximum Gasteiger partial charge on any atom is 0.154 e. The van der Waals surface area contributed by atoms with Gasteiger partial charge in [0, 0.05) is 5.56 Å². The lowest BCUT2D eigenvalue weighted by Gasteiger charge is -1.94. The molecular weight excluding hydrogens is 170 g/mol. The summed E-state index contributed by atoms with van der Waals surface area (Å²) >= 11 is 1.26. The van der Waals surface area contributed by atoms with Gasteiger partial charge in [0.25, 0.3) is 0 Å². The average molecular weight is 177 g/mol. The van der Waals surface area contributed by atoms with E-state index in [0.29, 0.717) is 5.69 Å². The predicted molar refractivity (Wildman–Crippen MR) is 49.2 cm³/mol. The molecule has 0 saturated carbocycles. The fourth-order valence-electron chi connectivity index (χ4n) is 1.03. The topological polar surface area (TPSA) is 33.1 Å². The summed E-state index contributed by atoms with van der Waals surface area (Å²) in [5.41, 5.74) is 1.62. The normalized spacial score (nSPS) is 10.0. The van der Waals surface area contributed by atoms with Gasteiger partial charge < -0.3 is 5.11 Å². The van der Waals surface area contributed by atoms with E-state index >= 15 is 0 Å². The molecule has 2 rings (SSSR count). The summed E-state index contributed by atoms with van der Waals surface area (Å²) in [6, 6.07) is 9.64. The molecule has 0 saturated heterocycles. The number of hydrogen-bond acceptors (Lipinski definition) is 3. The third-order valence-electron chi connectivity index (χ3n) is 1.60. The zero-order valence-corrected chi connectivity index (χ0v) is 7.08. The smallest absolute Gasteiger partial charge is 0.154 e. The largest absolute Gasteiger partial charge is 0.505 e. The minimum absolute atomic E-state index is 0.256. The van der Waals surface area contributed by atoms with Crippen molar-refractivity contribution < 1.29 is 5.11 Å². The molecular formula is C9H7NOS. The molecule has 0 aliphatic carbocycles. The molecule has 0 radical (unpaired) electrons. The summed E-state index contributed by atoms with van der Waals surface area (Å²) in [4.78, 5) is 0. The van der Waals surface area contributed by atoms with Gasteiger partial charge in [-0.2, -0.15) is 4.37 Å². The third-order valence-corrected chi connectivity index (χ3v) is 2.21. The second-order valence-corrected chi connectivity index (χ2v) is 3.04. The Labute approximate surface area is 74.3 Å². The number of aromatic hydroxyl groups is 1. The molecule has 0 aliphatic rings. The van der Waals surface area contributed by atoms with E-state index in [1.165, 1.54) is 11.5 Å². The van der Waals surface area contributed by atoms with Crippen molar-refractivity contribution in [3.05, 3.63) is 35.7 Å². The van der Waals surface area contributed by atoms with E-state index in [1.54, 1.807) is 5.38 Å². The van der Waals surface area contributed by atoms with Crippen LogP contribution in [0.5, 0.6) is 5.75 Å². The molecule has 1 aromatic heterocycles. The van der Waals surface area contributed by atoms with Crippen LogP contribution in [0.2, 0.25) is 0 Å². The SMILES string of the molecule is Oc1csnc1-c1ccccc1. The molecule has 0 unspecified atom stereocenters. The lowest BCUT2D eigenvalue weighted by molar-refractivity contribution is 0.478. The van der Waals surface area contributed by atoms with Crippen LogP contribution in [0, 0.1) is 0 Å². The van der Waals surface area contributed by atoms with Crippen LogP contribution in [0.1, 0.15) is 0 Å². The van der Waals surface area contributed by atoms with Gasteiger partial charge >= 0.3 is 0 Å². The van der Waals surface area contributed by atoms with E-state index in [9.17, 15) is 5.11 Å². The summed E-state index contributed by atoms with van der Waals surface area (Å²) in [7, 11) is 0. The van der Waals surface area contributed by atoms with Crippen LogP contribution >= 0.6 is 11.5 Å². The molecule has 1 heterocycles. The highest BCUT2D eigenvalue weighted by Gasteiger charge is 2.04. The van der Waals surface area contributed by atoms with Gasteiger partial charge in [-0.1, -0.05) is 30.3 Å². The van der Waals surface area contributed by atoms with Crippen molar-refractivity contribution in [2.24, 2.45) is 0 Å². The van der Waals surface area contributed by atoms with Gasteiger partial charge in [0.05, 0.1) is 5.38 Å². The fraction of sp³-hybridized carbons (Fsp3) is 0. The van der Waals surface area contributed by atoms with Crippen molar-refractivity contribution in [1.29, 1.82) is 0 Å². The van der Waals surface area contributed by atoms with Gasteiger partial charge in [-0.25, -0.2) is 0 Å². The Balaban J connectivity index is 2.51. The van der Waals surface area contributed by atoms with Crippen LogP contribution in [-0.2, 0) is 0 Å². The second-order valence-electron chi connectivity index (χ2n) is 2.41. The van der Waals surface area contributed by atoms with Crippen LogP contribution in [0.25, 0.3) is 11.3 Å².